The third-order valence-electron chi connectivity index (χ3n) is 0.580. The summed E-state index contributed by atoms with van der Waals surface area (Å²) in [5.41, 5.74) is 0. The van der Waals surface area contributed by atoms with E-state index in [1.165, 1.54) is 0 Å². The van der Waals surface area contributed by atoms with Crippen molar-refractivity contribution in [1.82, 2.24) is 0 Å². The Balaban J connectivity index is 0.000000187. The molecule has 2 nitrogen and oxygen atoms in total. The maximum Gasteiger partial charge on any atom is 0.208 e. The fourth-order valence-electron chi connectivity index (χ4n) is 0.316. The van der Waals surface area contributed by atoms with Crippen molar-refractivity contribution in [2.75, 3.05) is 0 Å². The van der Waals surface area contributed by atoms with E-state index in [1.807, 2.05) is 11.1 Å². The van der Waals surface area contributed by atoms with Gasteiger partial charge in [-0.2, -0.15) is 0 Å². The molecule has 0 aromatic rings. The molecule has 1 aliphatic rings. The minimum absolute atomic E-state index is 0.208. The van der Waals surface area contributed by atoms with E-state index in [1.54, 1.807) is 0 Å². The maximum absolute atomic E-state index is 10.2. The molecule has 0 aromatic carbocycles. The zero-order chi connectivity index (χ0) is 7.11. The maximum atomic E-state index is 10.2. The first-order valence-corrected chi connectivity index (χ1v) is 4.48. The topological polar surface area (TPSA) is 34.1 Å². The first-order chi connectivity index (χ1) is 4.31. The summed E-state index contributed by atoms with van der Waals surface area (Å²) in [6.45, 7) is 0. The Morgan fingerprint density at radius 3 is 2.44 bits per heavy atom. The molecule has 0 spiro atoms. The van der Waals surface area contributed by atoms with Gasteiger partial charge in [0.05, 0.1) is 0 Å². The smallest absolute Gasteiger partial charge is 0.208 e. The zero-order valence-electron chi connectivity index (χ0n) is 4.54. The normalized spacial score (nSPS) is 14.6. The molecule has 0 bridgehead atoms. The van der Waals surface area contributed by atoms with Crippen LogP contribution in [0.15, 0.2) is 11.1 Å². The van der Waals surface area contributed by atoms with E-state index in [4.69, 9.17) is 4.79 Å². The molecule has 0 aliphatic carbocycles. The molecule has 0 unspecified atom stereocenters. The van der Waals surface area contributed by atoms with Gasteiger partial charge in [-0.05, 0) is 11.6 Å². The van der Waals surface area contributed by atoms with E-state index >= 15 is 0 Å². The molecule has 0 radical (unpaired) electrons. The van der Waals surface area contributed by atoms with Crippen molar-refractivity contribution in [3.63, 3.8) is 0 Å². The summed E-state index contributed by atoms with van der Waals surface area (Å²) in [5, 5.41) is 0. The Bertz CT molecular complexity index is 123. The second-order valence-corrected chi connectivity index (χ2v) is 3.35. The van der Waals surface area contributed by atoms with Gasteiger partial charge in [-0.15, -0.1) is 0 Å². The van der Waals surface area contributed by atoms with Gasteiger partial charge in [0.15, 0.2) is 0 Å². The van der Waals surface area contributed by atoms with Gasteiger partial charge in [0.1, 0.15) is 0 Å². The second-order valence-electron chi connectivity index (χ2n) is 1.15. The first kappa shape index (κ1) is 8.89. The van der Waals surface area contributed by atoms with Crippen LogP contribution in [0.5, 0.6) is 0 Å². The summed E-state index contributed by atoms with van der Waals surface area (Å²) in [6.07, 6.45) is 2.63. The number of carbonyl (C=O) groups is 2. The van der Waals surface area contributed by atoms with E-state index in [-0.39, 0.29) is 20.7 Å². The van der Waals surface area contributed by atoms with E-state index in [2.05, 4.69) is 11.6 Å². The van der Waals surface area contributed by atoms with Crippen molar-refractivity contribution >= 4 is 37.0 Å². The van der Waals surface area contributed by atoms with Crippen molar-refractivity contribution in [1.29, 1.82) is 0 Å². The molecule has 0 amide bonds. The molecule has 0 aromatic heterocycles. The third-order valence-corrected chi connectivity index (χ3v) is 2.17. The van der Waals surface area contributed by atoms with Crippen LogP contribution in [0.2, 0.25) is 0 Å². The molecule has 0 atom stereocenters. The van der Waals surface area contributed by atoms with Crippen LogP contribution < -0.4 is 0 Å². The Morgan fingerprint density at radius 1 is 1.78 bits per heavy atom. The average Bonchev–Trinajstić information content (AvgIpc) is 2.20. The summed E-state index contributed by atoms with van der Waals surface area (Å²) in [4.78, 5) is 20.7. The molecule has 1 heterocycles. The van der Waals surface area contributed by atoms with Crippen LogP contribution in [0.25, 0.3) is 0 Å². The van der Waals surface area contributed by atoms with E-state index in [0.29, 0.717) is 11.1 Å². The van der Waals surface area contributed by atoms with Gasteiger partial charge in [-0.1, -0.05) is 0 Å². The summed E-state index contributed by atoms with van der Waals surface area (Å²) in [7, 11) is 0. The SMILES string of the molecule is O=C1CC=C[Se]1.O=CCl. The minimum atomic E-state index is 0.208. The number of halogens is 1. The molecule has 50 valence electrons. The third kappa shape index (κ3) is 5.77. The predicted molar refractivity (Wildman–Crippen MR) is 37.1 cm³/mol. The quantitative estimate of drug-likeness (QED) is 0.333. The van der Waals surface area contributed by atoms with Crippen LogP contribution in [0, 0.1) is 0 Å². The van der Waals surface area contributed by atoms with Crippen molar-refractivity contribution in [2.45, 2.75) is 6.42 Å². The molecule has 9 heavy (non-hydrogen) atoms. The van der Waals surface area contributed by atoms with Crippen molar-refractivity contribution in [3.8, 4) is 0 Å². The Hall–Kier alpha value is -0.111. The zero-order valence-corrected chi connectivity index (χ0v) is 7.01. The number of hydrogen-bond acceptors (Lipinski definition) is 2. The Kier molecular flexibility index (Phi) is 5.94. The predicted octanol–water partition coefficient (Wildman–Crippen LogP) is 0.550. The van der Waals surface area contributed by atoms with Crippen molar-refractivity contribution in [3.05, 3.63) is 11.1 Å². The molecule has 0 fully saturated rings. The van der Waals surface area contributed by atoms with Crippen LogP contribution in [-0.2, 0) is 9.59 Å². The summed E-state index contributed by atoms with van der Waals surface area (Å²) < 4.78 is 0.405. The van der Waals surface area contributed by atoms with Gasteiger partial charge in [-0.3, -0.25) is 4.79 Å². The van der Waals surface area contributed by atoms with Crippen molar-refractivity contribution < 1.29 is 9.59 Å². The number of rotatable bonds is 0. The summed E-state index contributed by atoms with van der Waals surface area (Å²) >= 11 is 4.53. The van der Waals surface area contributed by atoms with Crippen LogP contribution in [0.4, 0.5) is 0 Å². The molecule has 0 N–H and O–H groups in total. The number of allylic oxidation sites excluding steroid dienone is 1. The molecular formula is C5H5ClO2Se. The van der Waals surface area contributed by atoms with Gasteiger partial charge < -0.3 is 0 Å². The number of carbonyl (C=O) groups excluding carboxylic acids is 2. The van der Waals surface area contributed by atoms with Gasteiger partial charge in [-0.25, -0.2) is 0 Å². The van der Waals surface area contributed by atoms with Gasteiger partial charge in [0.25, 0.3) is 0 Å². The molecule has 4 heteroatoms. The second kappa shape index (κ2) is 6.02. The van der Waals surface area contributed by atoms with Crippen LogP contribution in [-0.4, -0.2) is 25.4 Å². The standard InChI is InChI=1S/C4H4OSe.CHClO/c5-4-2-1-3-6-4;2-1-3/h1,3H,2H2;1H. The Morgan fingerprint density at radius 2 is 2.33 bits per heavy atom. The van der Waals surface area contributed by atoms with Crippen LogP contribution >= 0.6 is 11.6 Å². The fourth-order valence-corrected chi connectivity index (χ4v) is 1.44. The van der Waals surface area contributed by atoms with Gasteiger partial charge in [0, 0.05) is 0 Å². The van der Waals surface area contributed by atoms with Crippen LogP contribution in [0.3, 0.4) is 0 Å². The van der Waals surface area contributed by atoms with E-state index in [0.717, 1.165) is 0 Å². The van der Waals surface area contributed by atoms with Crippen LogP contribution in [0.1, 0.15) is 6.42 Å². The van der Waals surface area contributed by atoms with Crippen molar-refractivity contribution in [2.24, 2.45) is 0 Å². The largest absolute Gasteiger partial charge is 0.285 e. The fraction of sp³-hybridized carbons (Fsp3) is 0.200. The molecule has 1 rings (SSSR count). The number of hydrogen-bond donors (Lipinski definition) is 0. The molecular weight excluding hydrogens is 206 g/mol. The monoisotopic (exact) mass is 212 g/mol. The van der Waals surface area contributed by atoms with E-state index in [9.17, 15) is 4.79 Å². The van der Waals surface area contributed by atoms with Gasteiger partial charge >= 0.3 is 41.9 Å². The molecule has 0 saturated carbocycles. The summed E-state index contributed by atoms with van der Waals surface area (Å²) in [5.74, 6) is 0.222. The van der Waals surface area contributed by atoms with Gasteiger partial charge in [0.2, 0.25) is 5.75 Å². The molecule has 1 aliphatic heterocycles. The molecule has 0 saturated heterocycles. The summed E-state index contributed by atoms with van der Waals surface area (Å²) in [6, 6.07) is 0. The van der Waals surface area contributed by atoms with E-state index < -0.39 is 0 Å². The first-order valence-electron chi connectivity index (χ1n) is 2.19. The minimum Gasteiger partial charge on any atom is -0.285 e. The Labute approximate surface area is 64.4 Å². The average molecular weight is 212 g/mol.